The molecule has 0 heterocycles. The molecule has 102 valence electrons. The SMILES string of the molecule is CC(O)=C(c1ccc(N=O)cc1)c1ccc(C)c(C)c1. The molecule has 0 saturated carbocycles. The highest BCUT2D eigenvalue weighted by Crippen LogP contribution is 2.28. The molecule has 0 amide bonds. The van der Waals surface area contributed by atoms with Crippen molar-refractivity contribution in [1.82, 2.24) is 0 Å². The third kappa shape index (κ3) is 2.77. The Morgan fingerprint density at radius 2 is 1.55 bits per heavy atom. The third-order valence-electron chi connectivity index (χ3n) is 3.42. The van der Waals surface area contributed by atoms with Crippen LogP contribution in [0.3, 0.4) is 0 Å². The molecule has 2 rings (SSSR count). The maximum atomic E-state index is 10.5. The van der Waals surface area contributed by atoms with Crippen LogP contribution in [0.4, 0.5) is 5.69 Å². The highest BCUT2D eigenvalue weighted by atomic mass is 16.3. The highest BCUT2D eigenvalue weighted by molar-refractivity contribution is 5.81. The van der Waals surface area contributed by atoms with Crippen molar-refractivity contribution in [1.29, 1.82) is 0 Å². The van der Waals surface area contributed by atoms with Gasteiger partial charge in [0.25, 0.3) is 0 Å². The average molecular weight is 267 g/mol. The Morgan fingerprint density at radius 3 is 2.05 bits per heavy atom. The Kier molecular flexibility index (Phi) is 3.99. The summed E-state index contributed by atoms with van der Waals surface area (Å²) in [4.78, 5) is 10.5. The fraction of sp³-hybridized carbons (Fsp3) is 0.176. The molecule has 3 heteroatoms. The van der Waals surface area contributed by atoms with Crippen LogP contribution in [0.5, 0.6) is 0 Å². The number of allylic oxidation sites excluding steroid dienone is 1. The number of benzene rings is 2. The quantitative estimate of drug-likeness (QED) is 0.625. The molecule has 0 radical (unpaired) electrons. The summed E-state index contributed by atoms with van der Waals surface area (Å²) in [5.74, 6) is 0.250. The number of aliphatic hydroxyl groups excluding tert-OH is 1. The van der Waals surface area contributed by atoms with Gasteiger partial charge in [-0.1, -0.05) is 30.3 Å². The van der Waals surface area contributed by atoms with Crippen molar-refractivity contribution >= 4 is 11.3 Å². The van der Waals surface area contributed by atoms with Gasteiger partial charge in [0.1, 0.15) is 5.69 Å². The summed E-state index contributed by atoms with van der Waals surface area (Å²) >= 11 is 0. The van der Waals surface area contributed by atoms with Crippen molar-refractivity contribution in [3.63, 3.8) is 0 Å². The Hall–Kier alpha value is -2.42. The molecule has 0 saturated heterocycles. The molecule has 3 nitrogen and oxygen atoms in total. The van der Waals surface area contributed by atoms with E-state index >= 15 is 0 Å². The van der Waals surface area contributed by atoms with Crippen LogP contribution in [0, 0.1) is 18.8 Å². The lowest BCUT2D eigenvalue weighted by Crippen LogP contribution is -1.93. The summed E-state index contributed by atoms with van der Waals surface area (Å²) < 4.78 is 0. The molecule has 0 fully saturated rings. The Bertz CT molecular complexity index is 666. The highest BCUT2D eigenvalue weighted by Gasteiger charge is 2.10. The Morgan fingerprint density at radius 1 is 0.950 bits per heavy atom. The largest absolute Gasteiger partial charge is 0.512 e. The van der Waals surface area contributed by atoms with E-state index in [0.29, 0.717) is 5.69 Å². The molecule has 0 atom stereocenters. The normalized spacial score (nSPS) is 11.9. The van der Waals surface area contributed by atoms with Crippen molar-refractivity contribution in [3.05, 3.63) is 75.4 Å². The molecule has 20 heavy (non-hydrogen) atoms. The molecule has 0 unspecified atom stereocenters. The molecule has 0 aliphatic rings. The molecule has 0 bridgehead atoms. The summed E-state index contributed by atoms with van der Waals surface area (Å²) in [5.41, 5.74) is 5.35. The zero-order chi connectivity index (χ0) is 14.7. The zero-order valence-electron chi connectivity index (χ0n) is 11.8. The minimum atomic E-state index is 0.250. The van der Waals surface area contributed by atoms with Crippen LogP contribution < -0.4 is 0 Å². The molecular weight excluding hydrogens is 250 g/mol. The van der Waals surface area contributed by atoms with Gasteiger partial charge >= 0.3 is 0 Å². The molecule has 0 spiro atoms. The van der Waals surface area contributed by atoms with Crippen molar-refractivity contribution in [2.24, 2.45) is 5.18 Å². The van der Waals surface area contributed by atoms with E-state index in [1.807, 2.05) is 19.1 Å². The first kappa shape index (κ1) is 14.0. The number of rotatable bonds is 3. The van der Waals surface area contributed by atoms with Crippen LogP contribution in [-0.4, -0.2) is 5.11 Å². The predicted molar refractivity (Wildman–Crippen MR) is 82.1 cm³/mol. The van der Waals surface area contributed by atoms with Gasteiger partial charge < -0.3 is 5.11 Å². The second-order valence-electron chi connectivity index (χ2n) is 4.90. The van der Waals surface area contributed by atoms with Gasteiger partial charge in [0, 0.05) is 5.57 Å². The molecule has 0 aliphatic heterocycles. The van der Waals surface area contributed by atoms with Crippen molar-refractivity contribution < 1.29 is 5.11 Å². The number of aliphatic hydroxyl groups is 1. The lowest BCUT2D eigenvalue weighted by atomic mass is 9.94. The van der Waals surface area contributed by atoms with E-state index in [0.717, 1.165) is 16.7 Å². The van der Waals surface area contributed by atoms with Crippen molar-refractivity contribution in [2.45, 2.75) is 20.8 Å². The molecule has 0 aromatic heterocycles. The van der Waals surface area contributed by atoms with E-state index in [1.165, 1.54) is 11.1 Å². The van der Waals surface area contributed by atoms with Gasteiger partial charge in [-0.3, -0.25) is 0 Å². The van der Waals surface area contributed by atoms with E-state index in [-0.39, 0.29) is 5.76 Å². The molecule has 2 aromatic carbocycles. The Labute approximate surface area is 118 Å². The van der Waals surface area contributed by atoms with E-state index in [4.69, 9.17) is 0 Å². The summed E-state index contributed by atoms with van der Waals surface area (Å²) in [6.45, 7) is 5.76. The minimum Gasteiger partial charge on any atom is -0.512 e. The van der Waals surface area contributed by atoms with Crippen LogP contribution in [0.15, 0.2) is 53.4 Å². The first-order chi connectivity index (χ1) is 9.52. The number of hydrogen-bond acceptors (Lipinski definition) is 3. The van der Waals surface area contributed by atoms with Crippen LogP contribution in [0.25, 0.3) is 5.57 Å². The fourth-order valence-corrected chi connectivity index (χ4v) is 2.17. The minimum absolute atomic E-state index is 0.250. The van der Waals surface area contributed by atoms with Gasteiger partial charge in [-0.2, -0.15) is 0 Å². The maximum absolute atomic E-state index is 10.5. The van der Waals surface area contributed by atoms with E-state index < -0.39 is 0 Å². The zero-order valence-corrected chi connectivity index (χ0v) is 11.8. The van der Waals surface area contributed by atoms with Gasteiger partial charge in [0.15, 0.2) is 0 Å². The number of hydrogen-bond donors (Lipinski definition) is 1. The molecule has 0 aliphatic carbocycles. The molecular formula is C17H17NO2. The van der Waals surface area contributed by atoms with Crippen molar-refractivity contribution in [2.75, 3.05) is 0 Å². The number of nitrogens with zero attached hydrogens (tertiary/aromatic N) is 1. The van der Waals surface area contributed by atoms with Crippen LogP contribution in [-0.2, 0) is 0 Å². The second-order valence-corrected chi connectivity index (χ2v) is 4.90. The average Bonchev–Trinajstić information content (AvgIpc) is 2.43. The monoisotopic (exact) mass is 267 g/mol. The Balaban J connectivity index is 2.54. The number of aryl methyl sites for hydroxylation is 2. The van der Waals surface area contributed by atoms with Crippen LogP contribution in [0.1, 0.15) is 29.2 Å². The van der Waals surface area contributed by atoms with Gasteiger partial charge in [0.05, 0.1) is 5.76 Å². The standard InChI is InChI=1S/C17H17NO2/c1-11-4-5-15(10-12(11)2)17(13(3)19)14-6-8-16(18-20)9-7-14/h4-10,19H,1-3H3. The summed E-state index contributed by atoms with van der Waals surface area (Å²) in [6.07, 6.45) is 0. The van der Waals surface area contributed by atoms with Crippen molar-refractivity contribution in [3.8, 4) is 0 Å². The fourth-order valence-electron chi connectivity index (χ4n) is 2.17. The van der Waals surface area contributed by atoms with E-state index in [9.17, 15) is 10.0 Å². The van der Waals surface area contributed by atoms with Gasteiger partial charge in [-0.25, -0.2) is 0 Å². The second kappa shape index (κ2) is 5.70. The smallest absolute Gasteiger partial charge is 0.108 e. The first-order valence-electron chi connectivity index (χ1n) is 6.44. The van der Waals surface area contributed by atoms with E-state index in [2.05, 4.69) is 18.2 Å². The summed E-state index contributed by atoms with van der Waals surface area (Å²) in [6, 6.07) is 13.0. The van der Waals surface area contributed by atoms with E-state index in [1.54, 1.807) is 31.2 Å². The summed E-state index contributed by atoms with van der Waals surface area (Å²) in [7, 11) is 0. The lowest BCUT2D eigenvalue weighted by Gasteiger charge is -2.12. The topological polar surface area (TPSA) is 49.7 Å². The first-order valence-corrected chi connectivity index (χ1v) is 6.44. The maximum Gasteiger partial charge on any atom is 0.108 e. The van der Waals surface area contributed by atoms with Crippen LogP contribution in [0.2, 0.25) is 0 Å². The third-order valence-corrected chi connectivity index (χ3v) is 3.42. The van der Waals surface area contributed by atoms with Gasteiger partial charge in [-0.05, 0) is 60.3 Å². The van der Waals surface area contributed by atoms with Gasteiger partial charge in [-0.15, -0.1) is 4.91 Å². The van der Waals surface area contributed by atoms with Gasteiger partial charge in [0.2, 0.25) is 0 Å². The predicted octanol–water partition coefficient (Wildman–Crippen LogP) is 5.04. The number of nitroso groups, excluding NO2 is 1. The van der Waals surface area contributed by atoms with Crippen LogP contribution >= 0.6 is 0 Å². The summed E-state index contributed by atoms with van der Waals surface area (Å²) in [5, 5.41) is 12.9. The lowest BCUT2D eigenvalue weighted by molar-refractivity contribution is 0.417. The molecule has 1 N–H and O–H groups in total. The molecule has 2 aromatic rings.